The lowest BCUT2D eigenvalue weighted by atomic mass is 9.43. The molecule has 1 unspecified atom stereocenters. The van der Waals surface area contributed by atoms with E-state index in [-0.39, 0.29) is 36.1 Å². The third kappa shape index (κ3) is 2.94. The number of hydrogen-bond donors (Lipinski definition) is 2. The molecule has 8 nitrogen and oxygen atoms in total. The lowest BCUT2D eigenvalue weighted by molar-refractivity contribution is -0.258. The summed E-state index contributed by atoms with van der Waals surface area (Å²) in [6.45, 7) is 7.89. The fourth-order valence-corrected chi connectivity index (χ4v) is 10.4. The Kier molecular flexibility index (Phi) is 5.00. The summed E-state index contributed by atoms with van der Waals surface area (Å²) in [4.78, 5) is 0. The Morgan fingerprint density at radius 3 is 2.64 bits per heavy atom. The number of aromatic hydroxyl groups is 1. The van der Waals surface area contributed by atoms with Gasteiger partial charge in [0.1, 0.15) is 18.0 Å². The van der Waals surface area contributed by atoms with Gasteiger partial charge in [0, 0.05) is 5.41 Å². The quantitative estimate of drug-likeness (QED) is 0.559. The van der Waals surface area contributed by atoms with Crippen molar-refractivity contribution in [1.29, 1.82) is 0 Å². The molecule has 0 bridgehead atoms. The third-order valence-corrected chi connectivity index (χ3v) is 11.8. The van der Waals surface area contributed by atoms with Crippen LogP contribution in [0.25, 0.3) is 11.8 Å². The predicted octanol–water partition coefficient (Wildman–Crippen LogP) is 4.42. The van der Waals surface area contributed by atoms with Crippen LogP contribution in [0.3, 0.4) is 0 Å². The maximum Gasteiger partial charge on any atom is 0.226 e. The summed E-state index contributed by atoms with van der Waals surface area (Å²) in [5.74, 6) is 0.720. The van der Waals surface area contributed by atoms with Crippen LogP contribution in [0.5, 0.6) is 5.75 Å². The van der Waals surface area contributed by atoms with E-state index < -0.39 is 17.5 Å². The molecule has 2 N–H and O–H groups in total. The van der Waals surface area contributed by atoms with Crippen molar-refractivity contribution in [1.82, 2.24) is 9.78 Å². The second kappa shape index (κ2) is 7.95. The van der Waals surface area contributed by atoms with Crippen LogP contribution in [-0.4, -0.2) is 57.7 Å². The molecule has 8 heteroatoms. The fourth-order valence-electron chi connectivity index (χ4n) is 10.4. The number of phenols is 1. The molecule has 0 amide bonds. The Morgan fingerprint density at radius 2 is 1.87 bits per heavy atom. The molecule has 3 heterocycles. The van der Waals surface area contributed by atoms with Crippen molar-refractivity contribution in [3.8, 4) is 11.4 Å². The zero-order chi connectivity index (χ0) is 26.8. The summed E-state index contributed by atoms with van der Waals surface area (Å²) in [6.07, 6.45) is 8.38. The summed E-state index contributed by atoms with van der Waals surface area (Å²) in [7, 11) is 0. The first kappa shape index (κ1) is 24.6. The number of ether oxygens (including phenoxy) is 4. The van der Waals surface area contributed by atoms with Crippen molar-refractivity contribution in [2.75, 3.05) is 20.2 Å². The van der Waals surface area contributed by atoms with Crippen molar-refractivity contribution < 1.29 is 29.2 Å². The van der Waals surface area contributed by atoms with Crippen molar-refractivity contribution in [3.05, 3.63) is 47.3 Å². The minimum absolute atomic E-state index is 0.146. The van der Waals surface area contributed by atoms with Gasteiger partial charge in [-0.1, -0.05) is 26.3 Å². The fraction of sp³-hybridized carbons (Fsp3) is 0.645. The Morgan fingerprint density at radius 1 is 1.08 bits per heavy atom. The van der Waals surface area contributed by atoms with Gasteiger partial charge < -0.3 is 29.2 Å². The highest BCUT2D eigenvalue weighted by Crippen LogP contribution is 2.72. The molecule has 1 aromatic carbocycles. The zero-order valence-corrected chi connectivity index (χ0v) is 22.9. The molecule has 8 rings (SSSR count). The second-order valence-electron chi connectivity index (χ2n) is 13.4. The van der Waals surface area contributed by atoms with Crippen molar-refractivity contribution in [2.24, 2.45) is 34.5 Å². The minimum atomic E-state index is -0.874. The summed E-state index contributed by atoms with van der Waals surface area (Å²) >= 11 is 0. The van der Waals surface area contributed by atoms with E-state index in [9.17, 15) is 10.2 Å². The van der Waals surface area contributed by atoms with E-state index in [1.807, 2.05) is 23.0 Å². The number of aromatic nitrogens is 2. The molecule has 3 saturated carbocycles. The highest BCUT2D eigenvalue weighted by atomic mass is 16.9. The molecule has 208 valence electrons. The van der Waals surface area contributed by atoms with Gasteiger partial charge in [-0.2, -0.15) is 5.10 Å². The van der Waals surface area contributed by atoms with Gasteiger partial charge in [-0.25, -0.2) is 4.68 Å². The van der Waals surface area contributed by atoms with E-state index in [0.717, 1.165) is 37.1 Å². The van der Waals surface area contributed by atoms with E-state index in [0.29, 0.717) is 30.8 Å². The SMILES string of the molecule is C[C@H]1C[C@@H]2[C@H]([C@@H](O)C[C@@]3(C)[C@H]2CC[C@@]32OCOC23COCO3)[C@@]2(C)Cc3cnn(-c4ccc(O)cc4)c3C=C12. The molecule has 39 heavy (non-hydrogen) atoms. The second-order valence-corrected chi connectivity index (χ2v) is 13.4. The van der Waals surface area contributed by atoms with Crippen molar-refractivity contribution in [3.63, 3.8) is 0 Å². The maximum absolute atomic E-state index is 12.1. The molecule has 4 aliphatic carbocycles. The Balaban J connectivity index is 1.18. The highest BCUT2D eigenvalue weighted by Gasteiger charge is 2.77. The molecular formula is C31H38N2O6. The molecule has 2 aliphatic heterocycles. The normalized spacial score (nSPS) is 46.2. The van der Waals surface area contributed by atoms with Crippen LogP contribution < -0.4 is 0 Å². The monoisotopic (exact) mass is 534 g/mol. The Hall–Kier alpha value is -2.23. The van der Waals surface area contributed by atoms with E-state index in [1.165, 1.54) is 11.1 Å². The number of nitrogens with zero attached hydrogens (tertiary/aromatic N) is 2. The van der Waals surface area contributed by atoms with E-state index in [2.05, 4.69) is 26.8 Å². The van der Waals surface area contributed by atoms with Crippen molar-refractivity contribution >= 4 is 6.08 Å². The summed E-state index contributed by atoms with van der Waals surface area (Å²) in [5, 5.41) is 26.6. The smallest absolute Gasteiger partial charge is 0.226 e. The lowest BCUT2D eigenvalue weighted by Gasteiger charge is -2.62. The average molecular weight is 535 g/mol. The van der Waals surface area contributed by atoms with E-state index >= 15 is 0 Å². The number of aliphatic hydroxyl groups is 1. The molecule has 5 fully saturated rings. The number of fused-ring (bicyclic) bond motifs is 8. The van der Waals surface area contributed by atoms with E-state index in [4.69, 9.17) is 24.0 Å². The van der Waals surface area contributed by atoms with Crippen LogP contribution in [-0.2, 0) is 25.4 Å². The van der Waals surface area contributed by atoms with Crippen molar-refractivity contribution in [2.45, 2.75) is 70.4 Å². The summed E-state index contributed by atoms with van der Waals surface area (Å²) in [6, 6.07) is 7.20. The largest absolute Gasteiger partial charge is 0.508 e. The minimum Gasteiger partial charge on any atom is -0.508 e. The first-order valence-corrected chi connectivity index (χ1v) is 14.5. The number of allylic oxidation sites excluding steroid dienone is 1. The van der Waals surface area contributed by atoms with Gasteiger partial charge in [0.25, 0.3) is 0 Å². The number of aliphatic hydroxyl groups excluding tert-OH is 1. The maximum atomic E-state index is 12.1. The van der Waals surface area contributed by atoms with Gasteiger partial charge in [-0.15, -0.1) is 0 Å². The van der Waals surface area contributed by atoms with Crippen LogP contribution >= 0.6 is 0 Å². The number of rotatable bonds is 1. The van der Waals surface area contributed by atoms with Gasteiger partial charge in [-0.05, 0) is 97.1 Å². The lowest BCUT2D eigenvalue weighted by Crippen LogP contribution is -2.66. The van der Waals surface area contributed by atoms with Gasteiger partial charge >= 0.3 is 0 Å². The standard InChI is InChI=1S/C31H38N2O6/c1-18-10-22-23-8-9-30(31(39-17-37-30)15-36-16-38-31)29(23,3)13-26(35)27(22)28(2)12-19-14-32-33(25(19)11-24(18)28)20-4-6-21(34)7-5-20/h4-7,11,14,18,22-23,26-27,34-35H,8-10,12-13,15-17H2,1-3H3/t18-,22-,23-,26-,27+,28-,29-,30+,31?/m0/s1. The topological polar surface area (TPSA) is 95.2 Å². The summed E-state index contributed by atoms with van der Waals surface area (Å²) in [5.41, 5.74) is 3.69. The molecule has 9 atom stereocenters. The van der Waals surface area contributed by atoms with Gasteiger partial charge in [0.2, 0.25) is 5.79 Å². The molecule has 2 saturated heterocycles. The number of hydrogen-bond acceptors (Lipinski definition) is 7. The zero-order valence-electron chi connectivity index (χ0n) is 22.9. The molecule has 1 aromatic heterocycles. The number of benzene rings is 1. The Bertz CT molecular complexity index is 1340. The molecular weight excluding hydrogens is 496 g/mol. The first-order chi connectivity index (χ1) is 18.7. The summed E-state index contributed by atoms with van der Waals surface area (Å²) < 4.78 is 26.5. The molecule has 0 radical (unpaired) electrons. The van der Waals surface area contributed by atoms with E-state index in [1.54, 1.807) is 12.1 Å². The third-order valence-electron chi connectivity index (χ3n) is 11.8. The van der Waals surface area contributed by atoms with Crippen LogP contribution in [0.2, 0.25) is 0 Å². The molecule has 2 spiro atoms. The van der Waals surface area contributed by atoms with Gasteiger partial charge in [0.05, 0.1) is 23.7 Å². The van der Waals surface area contributed by atoms with Gasteiger partial charge in [-0.3, -0.25) is 0 Å². The highest BCUT2D eigenvalue weighted by molar-refractivity contribution is 5.62. The predicted molar refractivity (Wildman–Crippen MR) is 142 cm³/mol. The van der Waals surface area contributed by atoms with Crippen LogP contribution in [0.4, 0.5) is 0 Å². The number of phenolic OH excluding ortho intramolecular Hbond substituents is 1. The Labute approximate surface area is 228 Å². The van der Waals surface area contributed by atoms with Crippen LogP contribution in [0, 0.1) is 34.5 Å². The average Bonchev–Trinajstić information content (AvgIpc) is 3.67. The molecule has 6 aliphatic rings. The van der Waals surface area contributed by atoms with Crippen LogP contribution in [0.1, 0.15) is 57.7 Å². The molecule has 2 aromatic rings. The van der Waals surface area contributed by atoms with Gasteiger partial charge in [0.15, 0.2) is 13.6 Å². The van der Waals surface area contributed by atoms with Crippen LogP contribution in [0.15, 0.2) is 36.0 Å². The first-order valence-electron chi connectivity index (χ1n) is 14.5.